The van der Waals surface area contributed by atoms with Crippen molar-refractivity contribution in [3.63, 3.8) is 0 Å². The van der Waals surface area contributed by atoms with Gasteiger partial charge in [-0.25, -0.2) is 0 Å². The summed E-state index contributed by atoms with van der Waals surface area (Å²) in [6.45, 7) is 11.0. The summed E-state index contributed by atoms with van der Waals surface area (Å²) in [5.74, 6) is 0. The molecule has 1 aromatic rings. The van der Waals surface area contributed by atoms with Crippen molar-refractivity contribution in [1.82, 2.24) is 0 Å². The predicted octanol–water partition coefficient (Wildman–Crippen LogP) is 2.73. The second-order valence-electron chi connectivity index (χ2n) is 8.81. The van der Waals surface area contributed by atoms with Gasteiger partial charge in [0.15, 0.2) is 0 Å². The third kappa shape index (κ3) is 25.3. The number of hydrogen-bond acceptors (Lipinski definition) is 12. The monoisotopic (exact) mass is 624 g/mol. The molecule has 0 saturated heterocycles. The summed E-state index contributed by atoms with van der Waals surface area (Å²) >= 11 is 0. The minimum atomic E-state index is -3.75. The Balaban J connectivity index is 1.68. The Kier molecular flexibility index (Phi) is 27.5. The zero-order valence-corrected chi connectivity index (χ0v) is 26.1. The Morgan fingerprint density at radius 2 is 0.738 bits per heavy atom. The average Bonchev–Trinajstić information content (AvgIpc) is 3.00. The normalized spacial score (nSPS) is 11.8. The molecule has 13 heteroatoms. The Labute approximate surface area is 252 Å². The quantitative estimate of drug-likeness (QED) is 0.0843. The molecule has 0 atom stereocenters. The summed E-state index contributed by atoms with van der Waals surface area (Å²) in [6, 6.07) is 7.99. The van der Waals surface area contributed by atoms with Crippen molar-refractivity contribution in [1.29, 1.82) is 0 Å². The molecule has 1 aromatic carbocycles. The zero-order chi connectivity index (χ0) is 30.2. The number of ether oxygens (including phenoxy) is 9. The lowest BCUT2D eigenvalue weighted by molar-refractivity contribution is -0.0254. The second-order valence-corrected chi connectivity index (χ2v) is 10.4. The molecule has 1 rings (SSSR count). The highest BCUT2D eigenvalue weighted by atomic mass is 32.2. The zero-order valence-electron chi connectivity index (χ0n) is 25.3. The average molecular weight is 625 g/mol. The summed E-state index contributed by atoms with van der Waals surface area (Å²) in [7, 11) is -3.75. The van der Waals surface area contributed by atoms with Crippen molar-refractivity contribution in [2.45, 2.75) is 31.1 Å². The van der Waals surface area contributed by atoms with E-state index in [0.29, 0.717) is 106 Å². The van der Waals surface area contributed by atoms with Crippen molar-refractivity contribution in [3.05, 3.63) is 30.3 Å². The van der Waals surface area contributed by atoms with Crippen LogP contribution < -0.4 is 0 Å². The minimum absolute atomic E-state index is 0.0537. The topological polar surface area (TPSA) is 126 Å². The second kappa shape index (κ2) is 29.8. The van der Waals surface area contributed by atoms with Crippen molar-refractivity contribution in [2.75, 3.05) is 126 Å². The third-order valence-electron chi connectivity index (χ3n) is 5.37. The van der Waals surface area contributed by atoms with E-state index in [1.54, 1.807) is 18.2 Å². The molecule has 0 saturated carbocycles. The van der Waals surface area contributed by atoms with Gasteiger partial charge in [0.25, 0.3) is 10.1 Å². The smallest absolute Gasteiger partial charge is 0.297 e. The van der Waals surface area contributed by atoms with Crippen molar-refractivity contribution in [3.8, 4) is 0 Å². The molecule has 0 aromatic heterocycles. The molecule has 0 spiro atoms. The highest BCUT2D eigenvalue weighted by molar-refractivity contribution is 7.86. The minimum Gasteiger partial charge on any atom is -0.379 e. The first-order chi connectivity index (χ1) is 20.7. The van der Waals surface area contributed by atoms with Crippen LogP contribution in [0.2, 0.25) is 0 Å². The lowest BCUT2D eigenvalue weighted by Gasteiger charge is -2.09. The highest BCUT2D eigenvalue weighted by Crippen LogP contribution is 2.10. The summed E-state index contributed by atoms with van der Waals surface area (Å²) in [5, 5.41) is 0. The van der Waals surface area contributed by atoms with Gasteiger partial charge in [0.1, 0.15) is 0 Å². The van der Waals surface area contributed by atoms with Crippen LogP contribution in [0.3, 0.4) is 0 Å². The van der Waals surface area contributed by atoms with Gasteiger partial charge in [-0.3, -0.25) is 4.18 Å². The van der Waals surface area contributed by atoms with Crippen LogP contribution in [0.15, 0.2) is 35.2 Å². The van der Waals surface area contributed by atoms with Crippen LogP contribution >= 0.6 is 0 Å². The van der Waals surface area contributed by atoms with Crippen molar-refractivity contribution in [2.24, 2.45) is 0 Å². The van der Waals surface area contributed by atoms with Crippen molar-refractivity contribution >= 4 is 10.1 Å². The molecule has 0 unspecified atom stereocenters. The molecule has 246 valence electrons. The molecule has 0 radical (unpaired) electrons. The van der Waals surface area contributed by atoms with E-state index in [9.17, 15) is 8.42 Å². The van der Waals surface area contributed by atoms with E-state index in [1.165, 1.54) is 25.0 Å². The predicted molar refractivity (Wildman–Crippen MR) is 156 cm³/mol. The third-order valence-corrected chi connectivity index (χ3v) is 6.69. The first-order valence-corrected chi connectivity index (χ1v) is 16.2. The van der Waals surface area contributed by atoms with Gasteiger partial charge in [0.2, 0.25) is 0 Å². The van der Waals surface area contributed by atoms with E-state index < -0.39 is 10.1 Å². The molecule has 0 aliphatic rings. The van der Waals surface area contributed by atoms with E-state index in [1.807, 2.05) is 0 Å². The largest absolute Gasteiger partial charge is 0.379 e. The fraction of sp³-hybridized carbons (Fsp3) is 0.793. The van der Waals surface area contributed by atoms with Crippen LogP contribution in [-0.4, -0.2) is 134 Å². The van der Waals surface area contributed by atoms with E-state index in [4.69, 9.17) is 46.8 Å². The molecule has 0 aliphatic heterocycles. The molecule has 0 aliphatic carbocycles. The highest BCUT2D eigenvalue weighted by Gasteiger charge is 2.13. The Morgan fingerprint density at radius 3 is 1.07 bits per heavy atom. The number of rotatable bonds is 33. The summed E-state index contributed by atoms with van der Waals surface area (Å²) in [6.07, 6.45) is 3.52. The molecule has 0 bridgehead atoms. The molecule has 42 heavy (non-hydrogen) atoms. The molecule has 0 heterocycles. The summed E-state index contributed by atoms with van der Waals surface area (Å²) < 4.78 is 77.7. The number of unbranched alkanes of at least 4 members (excludes halogenated alkanes) is 2. The van der Waals surface area contributed by atoms with Gasteiger partial charge in [-0.2, -0.15) is 8.42 Å². The van der Waals surface area contributed by atoms with Gasteiger partial charge in [-0.05, 0) is 18.6 Å². The Morgan fingerprint density at radius 1 is 0.429 bits per heavy atom. The van der Waals surface area contributed by atoms with E-state index in [-0.39, 0.29) is 18.1 Å². The molecular formula is C29H52O12S. The summed E-state index contributed by atoms with van der Waals surface area (Å²) in [4.78, 5) is 0.124. The first kappa shape index (κ1) is 38.8. The molecule has 0 amide bonds. The van der Waals surface area contributed by atoms with Crippen LogP contribution in [0.25, 0.3) is 0 Å². The van der Waals surface area contributed by atoms with Crippen LogP contribution in [0.4, 0.5) is 0 Å². The van der Waals surface area contributed by atoms with Crippen LogP contribution in [-0.2, 0) is 56.9 Å². The Hall–Kier alpha value is -1.23. The van der Waals surface area contributed by atoms with E-state index >= 15 is 0 Å². The maximum atomic E-state index is 11.9. The standard InChI is InChI=1S/C29H52O12S/c1-2-3-7-10-32-11-12-33-13-14-34-15-16-35-17-18-36-19-20-37-21-22-38-23-24-39-25-26-40-27-28-41-42(30,31)29-8-5-4-6-9-29/h4-6,8-9H,2-3,7,10-28H2,1H3. The number of benzene rings is 1. The van der Waals surface area contributed by atoms with Gasteiger partial charge in [-0.15, -0.1) is 0 Å². The first-order valence-electron chi connectivity index (χ1n) is 14.8. The van der Waals surface area contributed by atoms with Gasteiger partial charge >= 0.3 is 0 Å². The summed E-state index contributed by atoms with van der Waals surface area (Å²) in [5.41, 5.74) is 0. The van der Waals surface area contributed by atoms with E-state index in [2.05, 4.69) is 6.92 Å². The van der Waals surface area contributed by atoms with Gasteiger partial charge in [-0.1, -0.05) is 38.0 Å². The maximum absolute atomic E-state index is 11.9. The maximum Gasteiger partial charge on any atom is 0.297 e. The van der Waals surface area contributed by atoms with E-state index in [0.717, 1.165) is 13.0 Å². The molecule has 0 fully saturated rings. The molecular weight excluding hydrogens is 572 g/mol. The van der Waals surface area contributed by atoms with Gasteiger partial charge in [0, 0.05) is 6.61 Å². The van der Waals surface area contributed by atoms with Crippen molar-refractivity contribution < 1.29 is 55.2 Å². The molecule has 12 nitrogen and oxygen atoms in total. The lowest BCUT2D eigenvalue weighted by atomic mass is 10.3. The molecule has 0 N–H and O–H groups in total. The van der Waals surface area contributed by atoms with Gasteiger partial charge in [0.05, 0.1) is 124 Å². The number of hydrogen-bond donors (Lipinski definition) is 0. The lowest BCUT2D eigenvalue weighted by Crippen LogP contribution is -2.15. The van der Waals surface area contributed by atoms with Gasteiger partial charge < -0.3 is 42.6 Å². The Bertz CT molecular complexity index is 782. The van der Waals surface area contributed by atoms with Crippen LogP contribution in [0.5, 0.6) is 0 Å². The SMILES string of the molecule is CCCCCOCCOCCOCCOCCOCCOCCOCCOCCOCCOS(=O)(=O)c1ccccc1. The van der Waals surface area contributed by atoms with Crippen LogP contribution in [0.1, 0.15) is 26.2 Å². The fourth-order valence-electron chi connectivity index (χ4n) is 3.17. The fourth-order valence-corrected chi connectivity index (χ4v) is 4.09. The van der Waals surface area contributed by atoms with Crippen LogP contribution in [0, 0.1) is 0 Å².